The third-order valence-corrected chi connectivity index (χ3v) is 4.38. The van der Waals surface area contributed by atoms with Crippen LogP contribution in [-0.4, -0.2) is 41.0 Å². The maximum atomic E-state index is 12.1. The molecule has 1 N–H and O–H groups in total. The van der Waals surface area contributed by atoms with Crippen LogP contribution in [0.3, 0.4) is 0 Å². The molecular weight excluding hydrogens is 354 g/mol. The van der Waals surface area contributed by atoms with Gasteiger partial charge in [-0.2, -0.15) is 0 Å². The topological polar surface area (TPSA) is 94.3 Å². The Morgan fingerprint density at radius 1 is 1.23 bits per heavy atom. The molecule has 140 valence electrons. The molecule has 0 aliphatic heterocycles. The van der Waals surface area contributed by atoms with Crippen LogP contribution < -0.4 is 5.32 Å². The van der Waals surface area contributed by atoms with Crippen molar-refractivity contribution in [2.45, 2.75) is 38.5 Å². The fraction of sp³-hybridized carbons (Fsp3) is 0.444. The first kappa shape index (κ1) is 20.0. The predicted molar refractivity (Wildman–Crippen MR) is 98.6 cm³/mol. The highest BCUT2D eigenvalue weighted by molar-refractivity contribution is 7.99. The maximum Gasteiger partial charge on any atom is 0.328 e. The predicted octanol–water partition coefficient (Wildman–Crippen LogP) is 2.84. The van der Waals surface area contributed by atoms with E-state index in [1.54, 1.807) is 0 Å². The van der Waals surface area contributed by atoms with Gasteiger partial charge in [-0.25, -0.2) is 4.79 Å². The minimum atomic E-state index is -0.654. The van der Waals surface area contributed by atoms with Gasteiger partial charge in [-0.3, -0.25) is 4.79 Å². The number of aromatic nitrogens is 2. The third-order valence-electron chi connectivity index (χ3n) is 3.56. The largest absolute Gasteiger partial charge is 0.467 e. The van der Waals surface area contributed by atoms with Crippen molar-refractivity contribution in [3.8, 4) is 11.5 Å². The van der Waals surface area contributed by atoms with E-state index in [4.69, 9.17) is 9.15 Å². The summed E-state index contributed by atoms with van der Waals surface area (Å²) in [6, 6.07) is 7.07. The molecule has 8 heteroatoms. The zero-order valence-corrected chi connectivity index (χ0v) is 16.1. The van der Waals surface area contributed by atoms with Gasteiger partial charge in [0.25, 0.3) is 5.22 Å². The molecule has 0 spiro atoms. The number of amides is 1. The number of carbonyl (C=O) groups is 2. The lowest BCUT2D eigenvalue weighted by atomic mass is 10.0. The average Bonchev–Trinajstić information content (AvgIpc) is 3.08. The molecule has 0 saturated heterocycles. The second kappa shape index (κ2) is 9.38. The highest BCUT2D eigenvalue weighted by Gasteiger charge is 2.23. The number of nitrogens with zero attached hydrogens (tertiary/aromatic N) is 2. The number of hydrogen-bond acceptors (Lipinski definition) is 7. The number of nitrogens with one attached hydrogen (secondary N) is 1. The van der Waals surface area contributed by atoms with Crippen LogP contribution in [0, 0.1) is 12.8 Å². The van der Waals surface area contributed by atoms with Gasteiger partial charge in [-0.15, -0.1) is 10.2 Å². The first-order chi connectivity index (χ1) is 12.4. The number of esters is 1. The number of thioether (sulfide) groups is 1. The fourth-order valence-electron chi connectivity index (χ4n) is 2.27. The van der Waals surface area contributed by atoms with Crippen LogP contribution in [-0.2, 0) is 14.3 Å². The lowest BCUT2D eigenvalue weighted by Gasteiger charge is -2.17. The van der Waals surface area contributed by atoms with Crippen LogP contribution in [0.25, 0.3) is 11.5 Å². The summed E-state index contributed by atoms with van der Waals surface area (Å²) in [7, 11) is 1.31. The molecule has 0 saturated carbocycles. The first-order valence-electron chi connectivity index (χ1n) is 8.29. The Morgan fingerprint density at radius 2 is 1.92 bits per heavy atom. The van der Waals surface area contributed by atoms with Crippen LogP contribution in [0.5, 0.6) is 0 Å². The zero-order valence-electron chi connectivity index (χ0n) is 15.3. The molecule has 0 bridgehead atoms. The van der Waals surface area contributed by atoms with Gasteiger partial charge in [0.15, 0.2) is 0 Å². The summed E-state index contributed by atoms with van der Waals surface area (Å²) in [5.74, 6) is -0.0148. The van der Waals surface area contributed by atoms with Crippen LogP contribution in [0.4, 0.5) is 0 Å². The highest BCUT2D eigenvalue weighted by Crippen LogP contribution is 2.23. The summed E-state index contributed by atoms with van der Waals surface area (Å²) in [4.78, 5) is 23.9. The van der Waals surface area contributed by atoms with Crippen LogP contribution in [0.2, 0.25) is 0 Å². The molecule has 1 aromatic heterocycles. The Labute approximate surface area is 156 Å². The monoisotopic (exact) mass is 377 g/mol. The molecule has 1 aromatic carbocycles. The Balaban J connectivity index is 1.90. The molecule has 2 aromatic rings. The van der Waals surface area contributed by atoms with E-state index in [1.807, 2.05) is 45.0 Å². The Bertz CT molecular complexity index is 743. The second-order valence-electron chi connectivity index (χ2n) is 6.30. The molecule has 0 radical (unpaired) electrons. The van der Waals surface area contributed by atoms with Crippen LogP contribution >= 0.6 is 11.8 Å². The molecule has 0 unspecified atom stereocenters. The lowest BCUT2D eigenvalue weighted by molar-refractivity contribution is -0.145. The normalized spacial score (nSPS) is 12.0. The summed E-state index contributed by atoms with van der Waals surface area (Å²) in [5, 5.41) is 10.9. The maximum absolute atomic E-state index is 12.1. The summed E-state index contributed by atoms with van der Waals surface area (Å²) >= 11 is 1.12. The van der Waals surface area contributed by atoms with Crippen molar-refractivity contribution in [2.24, 2.45) is 5.92 Å². The van der Waals surface area contributed by atoms with E-state index in [2.05, 4.69) is 15.5 Å². The van der Waals surface area contributed by atoms with Gasteiger partial charge in [-0.1, -0.05) is 43.3 Å². The Kier molecular flexibility index (Phi) is 7.20. The number of methoxy groups -OCH3 is 1. The molecule has 2 rings (SSSR count). The van der Waals surface area contributed by atoms with Gasteiger partial charge in [0, 0.05) is 5.56 Å². The van der Waals surface area contributed by atoms with Crippen LogP contribution in [0.1, 0.15) is 25.8 Å². The average molecular weight is 377 g/mol. The third kappa shape index (κ3) is 5.87. The van der Waals surface area contributed by atoms with Gasteiger partial charge in [-0.05, 0) is 31.4 Å². The molecule has 7 nitrogen and oxygen atoms in total. The lowest BCUT2D eigenvalue weighted by Crippen LogP contribution is -2.43. The van der Waals surface area contributed by atoms with Crippen molar-refractivity contribution in [2.75, 3.05) is 12.9 Å². The van der Waals surface area contributed by atoms with Crippen molar-refractivity contribution in [3.63, 3.8) is 0 Å². The van der Waals surface area contributed by atoms with Gasteiger partial charge in [0.05, 0.1) is 12.9 Å². The molecule has 0 aliphatic rings. The SMILES string of the molecule is COC(=O)[C@@H](CC(C)C)NC(=O)CSc1nnc(-c2ccc(C)cc2)o1. The van der Waals surface area contributed by atoms with E-state index in [0.717, 1.165) is 22.9 Å². The first-order valence-corrected chi connectivity index (χ1v) is 9.28. The number of benzene rings is 1. The number of rotatable bonds is 8. The number of aryl methyl sites for hydroxylation is 1. The Morgan fingerprint density at radius 3 is 2.54 bits per heavy atom. The van der Waals surface area contributed by atoms with E-state index in [1.165, 1.54) is 7.11 Å². The van der Waals surface area contributed by atoms with Crippen LogP contribution in [0.15, 0.2) is 33.9 Å². The van der Waals surface area contributed by atoms with E-state index >= 15 is 0 Å². The number of hydrogen-bond donors (Lipinski definition) is 1. The molecule has 0 aliphatic carbocycles. The van der Waals surface area contributed by atoms with Gasteiger partial charge in [0.1, 0.15) is 6.04 Å². The highest BCUT2D eigenvalue weighted by atomic mass is 32.2. The molecule has 0 fully saturated rings. The van der Waals surface area contributed by atoms with Crippen molar-refractivity contribution in [1.29, 1.82) is 0 Å². The standard InChI is InChI=1S/C18H23N3O4S/c1-11(2)9-14(17(23)24-4)19-15(22)10-26-18-21-20-16(25-18)13-7-5-12(3)6-8-13/h5-8,11,14H,9-10H2,1-4H3,(H,19,22)/t14-/m1/s1. The smallest absolute Gasteiger partial charge is 0.328 e. The van der Waals surface area contributed by atoms with E-state index in [-0.39, 0.29) is 17.6 Å². The number of ether oxygens (including phenoxy) is 1. The van der Waals surface area contributed by atoms with Crippen molar-refractivity contribution < 1.29 is 18.7 Å². The van der Waals surface area contributed by atoms with Crippen molar-refractivity contribution in [3.05, 3.63) is 29.8 Å². The zero-order chi connectivity index (χ0) is 19.1. The second-order valence-corrected chi connectivity index (χ2v) is 7.23. The van der Waals surface area contributed by atoms with Gasteiger partial charge >= 0.3 is 5.97 Å². The minimum Gasteiger partial charge on any atom is -0.467 e. The van der Waals surface area contributed by atoms with Gasteiger partial charge in [0.2, 0.25) is 11.8 Å². The molecule has 1 amide bonds. The van der Waals surface area contributed by atoms with E-state index in [0.29, 0.717) is 17.5 Å². The number of carbonyl (C=O) groups excluding carboxylic acids is 2. The summed E-state index contributed by atoms with van der Waals surface area (Å²) < 4.78 is 10.3. The fourth-order valence-corrected chi connectivity index (χ4v) is 2.85. The van der Waals surface area contributed by atoms with E-state index in [9.17, 15) is 9.59 Å². The summed E-state index contributed by atoms with van der Waals surface area (Å²) in [6.07, 6.45) is 0.515. The van der Waals surface area contributed by atoms with E-state index < -0.39 is 12.0 Å². The Hall–Kier alpha value is -2.35. The molecule has 26 heavy (non-hydrogen) atoms. The molecule has 1 heterocycles. The minimum absolute atomic E-state index is 0.0706. The molecule has 1 atom stereocenters. The quantitative estimate of drug-likeness (QED) is 0.558. The van der Waals surface area contributed by atoms with Gasteiger partial charge < -0.3 is 14.5 Å². The van der Waals surface area contributed by atoms with Crippen molar-refractivity contribution >= 4 is 23.6 Å². The molecular formula is C18H23N3O4S. The summed E-state index contributed by atoms with van der Waals surface area (Å²) in [6.45, 7) is 5.95. The summed E-state index contributed by atoms with van der Waals surface area (Å²) in [5.41, 5.74) is 1.96. The van der Waals surface area contributed by atoms with Crippen molar-refractivity contribution in [1.82, 2.24) is 15.5 Å².